The first-order valence-corrected chi connectivity index (χ1v) is 8.63. The van der Waals surface area contributed by atoms with Crippen LogP contribution < -0.4 is 9.47 Å². The van der Waals surface area contributed by atoms with Crippen molar-refractivity contribution < 1.29 is 9.47 Å². The number of halogens is 1. The maximum absolute atomic E-state index is 6.05. The Bertz CT molecular complexity index is 808. The third-order valence-corrected chi connectivity index (χ3v) is 4.55. The van der Waals surface area contributed by atoms with Crippen LogP contribution in [0.3, 0.4) is 0 Å². The molecular weight excluding hydrogens is 364 g/mol. The lowest BCUT2D eigenvalue weighted by atomic mass is 10.1. The predicted molar refractivity (Wildman–Crippen MR) is 101 cm³/mol. The lowest BCUT2D eigenvalue weighted by Crippen LogP contribution is -2.00. The number of benzene rings is 3. The summed E-state index contributed by atoms with van der Waals surface area (Å²) in [4.78, 5) is 0. The maximum atomic E-state index is 6.05. The fourth-order valence-electron chi connectivity index (χ4n) is 2.53. The van der Waals surface area contributed by atoms with Gasteiger partial charge in [0, 0.05) is 10.0 Å². The summed E-state index contributed by atoms with van der Waals surface area (Å²) < 4.78 is 13.0. The lowest BCUT2D eigenvalue weighted by Gasteiger charge is -2.14. The van der Waals surface area contributed by atoms with Crippen molar-refractivity contribution in [1.29, 1.82) is 0 Å². The van der Waals surface area contributed by atoms with Crippen molar-refractivity contribution in [3.8, 4) is 17.2 Å². The Morgan fingerprint density at radius 1 is 0.792 bits per heavy atom. The van der Waals surface area contributed by atoms with Crippen LogP contribution in [-0.4, -0.2) is 0 Å². The van der Waals surface area contributed by atoms with Gasteiger partial charge in [-0.2, -0.15) is 0 Å². The summed E-state index contributed by atoms with van der Waals surface area (Å²) in [7, 11) is 0. The first-order valence-electron chi connectivity index (χ1n) is 7.84. The molecule has 0 bridgehead atoms. The Morgan fingerprint density at radius 3 is 2.21 bits per heavy atom. The van der Waals surface area contributed by atoms with Crippen LogP contribution in [-0.2, 0) is 6.61 Å². The normalized spacial score (nSPS) is 10.5. The molecule has 122 valence electrons. The summed E-state index contributed by atoms with van der Waals surface area (Å²) >= 11 is 3.59. The van der Waals surface area contributed by atoms with Crippen LogP contribution in [0.1, 0.15) is 16.7 Å². The molecule has 3 heteroatoms. The van der Waals surface area contributed by atoms with E-state index in [2.05, 4.69) is 41.9 Å². The molecule has 3 aromatic rings. The monoisotopic (exact) mass is 382 g/mol. The first kappa shape index (κ1) is 16.6. The largest absolute Gasteiger partial charge is 0.488 e. The minimum absolute atomic E-state index is 0.484. The molecule has 0 saturated carbocycles. The average Bonchev–Trinajstić information content (AvgIpc) is 2.58. The average molecular weight is 383 g/mol. The van der Waals surface area contributed by atoms with Crippen molar-refractivity contribution in [1.82, 2.24) is 0 Å². The van der Waals surface area contributed by atoms with E-state index in [9.17, 15) is 0 Å². The van der Waals surface area contributed by atoms with Crippen LogP contribution in [0, 0.1) is 13.8 Å². The van der Waals surface area contributed by atoms with E-state index in [0.717, 1.165) is 38.4 Å². The van der Waals surface area contributed by atoms with Gasteiger partial charge in [-0.25, -0.2) is 0 Å². The van der Waals surface area contributed by atoms with Gasteiger partial charge in [0.25, 0.3) is 0 Å². The molecule has 0 heterocycles. The van der Waals surface area contributed by atoms with E-state index in [1.165, 1.54) is 0 Å². The topological polar surface area (TPSA) is 18.5 Å². The SMILES string of the molecule is Cc1cccc(C)c1OCc1cc(Oc2ccccc2)ccc1Br. The van der Waals surface area contributed by atoms with Crippen LogP contribution in [0.5, 0.6) is 17.2 Å². The third-order valence-electron chi connectivity index (χ3n) is 3.78. The van der Waals surface area contributed by atoms with Crippen molar-refractivity contribution in [2.75, 3.05) is 0 Å². The van der Waals surface area contributed by atoms with Gasteiger partial charge in [-0.1, -0.05) is 52.3 Å². The van der Waals surface area contributed by atoms with Crippen molar-refractivity contribution in [3.63, 3.8) is 0 Å². The summed E-state index contributed by atoms with van der Waals surface area (Å²) in [5.41, 5.74) is 3.33. The molecule has 24 heavy (non-hydrogen) atoms. The molecule has 0 radical (unpaired) electrons. The van der Waals surface area contributed by atoms with Crippen LogP contribution in [0.2, 0.25) is 0 Å². The second-order valence-electron chi connectivity index (χ2n) is 5.68. The van der Waals surface area contributed by atoms with Gasteiger partial charge in [0.2, 0.25) is 0 Å². The number of rotatable bonds is 5. The molecule has 2 nitrogen and oxygen atoms in total. The second kappa shape index (κ2) is 7.54. The Morgan fingerprint density at radius 2 is 1.50 bits per heavy atom. The Balaban J connectivity index is 1.77. The quantitative estimate of drug-likeness (QED) is 0.505. The Kier molecular flexibility index (Phi) is 5.21. The molecule has 0 atom stereocenters. The van der Waals surface area contributed by atoms with E-state index in [0.29, 0.717) is 6.61 Å². The maximum Gasteiger partial charge on any atom is 0.127 e. The van der Waals surface area contributed by atoms with Gasteiger partial charge in [0.1, 0.15) is 23.9 Å². The molecule has 0 aliphatic rings. The Hall–Kier alpha value is -2.26. The smallest absolute Gasteiger partial charge is 0.127 e. The van der Waals surface area contributed by atoms with Crippen LogP contribution in [0.25, 0.3) is 0 Å². The standard InChI is InChI=1S/C21H19BrO2/c1-15-7-6-8-16(2)21(15)23-14-17-13-19(11-12-20(17)22)24-18-9-4-3-5-10-18/h3-13H,14H2,1-2H3. The van der Waals surface area contributed by atoms with E-state index < -0.39 is 0 Å². The van der Waals surface area contributed by atoms with E-state index in [1.54, 1.807) is 0 Å². The summed E-state index contributed by atoms with van der Waals surface area (Å²) in [6.07, 6.45) is 0. The van der Waals surface area contributed by atoms with Gasteiger partial charge in [0.15, 0.2) is 0 Å². The van der Waals surface area contributed by atoms with Crippen molar-refractivity contribution in [2.24, 2.45) is 0 Å². The molecule has 0 fully saturated rings. The highest BCUT2D eigenvalue weighted by Crippen LogP contribution is 2.29. The highest BCUT2D eigenvalue weighted by atomic mass is 79.9. The molecule has 0 unspecified atom stereocenters. The second-order valence-corrected chi connectivity index (χ2v) is 6.53. The van der Waals surface area contributed by atoms with Gasteiger partial charge in [-0.3, -0.25) is 0 Å². The van der Waals surface area contributed by atoms with Crippen molar-refractivity contribution >= 4 is 15.9 Å². The van der Waals surface area contributed by atoms with E-state index in [1.807, 2.05) is 54.6 Å². The molecule has 0 aliphatic heterocycles. The highest BCUT2D eigenvalue weighted by Gasteiger charge is 2.08. The number of hydrogen-bond acceptors (Lipinski definition) is 2. The third kappa shape index (κ3) is 3.98. The molecule has 0 amide bonds. The minimum Gasteiger partial charge on any atom is -0.488 e. The summed E-state index contributed by atoms with van der Waals surface area (Å²) in [6.45, 7) is 4.61. The molecule has 0 N–H and O–H groups in total. The van der Waals surface area contributed by atoms with E-state index in [-0.39, 0.29) is 0 Å². The number of hydrogen-bond donors (Lipinski definition) is 0. The van der Waals surface area contributed by atoms with Gasteiger partial charge < -0.3 is 9.47 Å². The fourth-order valence-corrected chi connectivity index (χ4v) is 2.89. The highest BCUT2D eigenvalue weighted by molar-refractivity contribution is 9.10. The first-order chi connectivity index (χ1) is 11.6. The number of aryl methyl sites for hydroxylation is 2. The lowest BCUT2D eigenvalue weighted by molar-refractivity contribution is 0.300. The number of ether oxygens (including phenoxy) is 2. The molecule has 0 saturated heterocycles. The molecule has 3 aromatic carbocycles. The summed E-state index contributed by atoms with van der Waals surface area (Å²) in [5, 5.41) is 0. The van der Waals surface area contributed by atoms with Gasteiger partial charge in [0.05, 0.1) is 0 Å². The molecule has 0 spiro atoms. The summed E-state index contributed by atoms with van der Waals surface area (Å²) in [6, 6.07) is 21.9. The zero-order valence-corrected chi connectivity index (χ0v) is 15.3. The summed E-state index contributed by atoms with van der Waals surface area (Å²) in [5.74, 6) is 2.56. The fraction of sp³-hybridized carbons (Fsp3) is 0.143. The van der Waals surface area contributed by atoms with Gasteiger partial charge >= 0.3 is 0 Å². The Labute approximate surface area is 151 Å². The van der Waals surface area contributed by atoms with E-state index in [4.69, 9.17) is 9.47 Å². The van der Waals surface area contributed by atoms with Gasteiger partial charge in [-0.05, 0) is 55.3 Å². The molecule has 0 aromatic heterocycles. The van der Waals surface area contributed by atoms with E-state index >= 15 is 0 Å². The molecule has 3 rings (SSSR count). The van der Waals surface area contributed by atoms with Crippen LogP contribution in [0.4, 0.5) is 0 Å². The number of para-hydroxylation sites is 2. The molecule has 0 aliphatic carbocycles. The van der Waals surface area contributed by atoms with Crippen LogP contribution >= 0.6 is 15.9 Å². The van der Waals surface area contributed by atoms with Crippen LogP contribution in [0.15, 0.2) is 71.2 Å². The zero-order chi connectivity index (χ0) is 16.9. The van der Waals surface area contributed by atoms with Gasteiger partial charge in [-0.15, -0.1) is 0 Å². The predicted octanol–water partition coefficient (Wildman–Crippen LogP) is 6.44. The molecular formula is C21H19BrO2. The minimum atomic E-state index is 0.484. The van der Waals surface area contributed by atoms with Crippen molar-refractivity contribution in [2.45, 2.75) is 20.5 Å². The zero-order valence-electron chi connectivity index (χ0n) is 13.8. The van der Waals surface area contributed by atoms with Crippen molar-refractivity contribution in [3.05, 3.63) is 87.9 Å².